The van der Waals surface area contributed by atoms with E-state index in [0.29, 0.717) is 5.92 Å². The second-order valence-corrected chi connectivity index (χ2v) is 7.46. The van der Waals surface area contributed by atoms with E-state index in [2.05, 4.69) is 50.4 Å². The van der Waals surface area contributed by atoms with Gasteiger partial charge in [-0.2, -0.15) is 0 Å². The number of hydrogen-bond donors (Lipinski definition) is 1. The normalized spacial score (nSPS) is 33.5. The van der Waals surface area contributed by atoms with Gasteiger partial charge in [0.05, 0.1) is 12.7 Å². The molecule has 1 atom stereocenters. The lowest BCUT2D eigenvalue weighted by atomic mass is 9.77. The third kappa shape index (κ3) is 3.32. The van der Waals surface area contributed by atoms with Crippen LogP contribution in [0.15, 0.2) is 24.3 Å². The van der Waals surface area contributed by atoms with Gasteiger partial charge in [-0.25, -0.2) is 0 Å². The van der Waals surface area contributed by atoms with Gasteiger partial charge in [-0.15, -0.1) is 0 Å². The topological polar surface area (TPSA) is 21.3 Å². The molecule has 0 aromatic heterocycles. The molecule has 3 rings (SSSR count). The van der Waals surface area contributed by atoms with Crippen LogP contribution in [-0.4, -0.2) is 18.7 Å². The van der Waals surface area contributed by atoms with Crippen molar-refractivity contribution in [2.45, 2.75) is 64.0 Å². The maximum Gasteiger partial charge on any atom is 0.0950 e. The van der Waals surface area contributed by atoms with Gasteiger partial charge >= 0.3 is 0 Å². The number of hydrogen-bond acceptors (Lipinski definition) is 2. The standard InChI is InChI=1S/C19H29NO/c1-14(2)16-4-6-17(7-5-16)18-12-20-19(13-21-18)10-8-15(3)9-11-19/h4-7,14-15,18,20H,8-13H2,1-3H3. The molecule has 0 bridgehead atoms. The Morgan fingerprint density at radius 3 is 2.33 bits per heavy atom. The molecule has 1 saturated carbocycles. The monoisotopic (exact) mass is 287 g/mol. The van der Waals surface area contributed by atoms with Gasteiger partial charge in [-0.3, -0.25) is 0 Å². The van der Waals surface area contributed by atoms with Crippen molar-refractivity contribution in [1.29, 1.82) is 0 Å². The Labute approximate surface area is 129 Å². The van der Waals surface area contributed by atoms with Crippen LogP contribution >= 0.6 is 0 Å². The molecule has 2 aliphatic rings. The molecule has 1 N–H and O–H groups in total. The Morgan fingerprint density at radius 1 is 1.14 bits per heavy atom. The molecule has 0 radical (unpaired) electrons. The quantitative estimate of drug-likeness (QED) is 0.869. The predicted molar refractivity (Wildman–Crippen MR) is 87.6 cm³/mol. The van der Waals surface area contributed by atoms with Crippen LogP contribution in [0.1, 0.15) is 69.6 Å². The van der Waals surface area contributed by atoms with Crippen LogP contribution in [0.3, 0.4) is 0 Å². The molecule has 1 aliphatic heterocycles. The van der Waals surface area contributed by atoms with Crippen LogP contribution in [0.25, 0.3) is 0 Å². The van der Waals surface area contributed by atoms with Gasteiger partial charge in [0.1, 0.15) is 0 Å². The van der Waals surface area contributed by atoms with Crippen LogP contribution in [0.2, 0.25) is 0 Å². The highest BCUT2D eigenvalue weighted by Gasteiger charge is 2.38. The summed E-state index contributed by atoms with van der Waals surface area (Å²) < 4.78 is 6.23. The van der Waals surface area contributed by atoms with Gasteiger partial charge < -0.3 is 10.1 Å². The van der Waals surface area contributed by atoms with Gasteiger partial charge in [0.2, 0.25) is 0 Å². The molecule has 2 heteroatoms. The van der Waals surface area contributed by atoms with E-state index in [1.807, 2.05) is 0 Å². The summed E-state index contributed by atoms with van der Waals surface area (Å²) in [6.45, 7) is 8.67. The van der Waals surface area contributed by atoms with Crippen LogP contribution in [0, 0.1) is 5.92 Å². The lowest BCUT2D eigenvalue weighted by molar-refractivity contribution is -0.0504. The highest BCUT2D eigenvalue weighted by molar-refractivity contribution is 5.26. The number of morpholine rings is 1. The molecule has 116 valence electrons. The summed E-state index contributed by atoms with van der Waals surface area (Å²) in [5.74, 6) is 1.48. The number of nitrogens with one attached hydrogen (secondary N) is 1. The zero-order valence-corrected chi connectivity index (χ0v) is 13.7. The highest BCUT2D eigenvalue weighted by atomic mass is 16.5. The average Bonchev–Trinajstić information content (AvgIpc) is 2.51. The maximum absolute atomic E-state index is 6.23. The fourth-order valence-electron chi connectivity index (χ4n) is 3.62. The van der Waals surface area contributed by atoms with Gasteiger partial charge in [0.15, 0.2) is 0 Å². The molecule has 21 heavy (non-hydrogen) atoms. The summed E-state index contributed by atoms with van der Waals surface area (Å²) in [5.41, 5.74) is 2.98. The van der Waals surface area contributed by atoms with Gasteiger partial charge in [-0.05, 0) is 48.6 Å². The van der Waals surface area contributed by atoms with E-state index in [9.17, 15) is 0 Å². The van der Waals surface area contributed by atoms with Crippen molar-refractivity contribution in [3.63, 3.8) is 0 Å². The third-order valence-electron chi connectivity index (χ3n) is 5.43. The lowest BCUT2D eigenvalue weighted by Gasteiger charge is -2.45. The molecular formula is C19H29NO. The Hall–Kier alpha value is -0.860. The van der Waals surface area contributed by atoms with E-state index in [0.717, 1.165) is 19.1 Å². The molecule has 1 unspecified atom stereocenters. The molecular weight excluding hydrogens is 258 g/mol. The minimum absolute atomic E-state index is 0.219. The van der Waals surface area contributed by atoms with E-state index < -0.39 is 0 Å². The van der Waals surface area contributed by atoms with Crippen molar-refractivity contribution in [2.24, 2.45) is 5.92 Å². The van der Waals surface area contributed by atoms with Crippen molar-refractivity contribution in [2.75, 3.05) is 13.2 Å². The van der Waals surface area contributed by atoms with Crippen LogP contribution in [0.5, 0.6) is 0 Å². The minimum atomic E-state index is 0.219. The van der Waals surface area contributed by atoms with Crippen LogP contribution in [0.4, 0.5) is 0 Å². The summed E-state index contributed by atoms with van der Waals surface area (Å²) in [6, 6.07) is 8.97. The van der Waals surface area contributed by atoms with E-state index in [4.69, 9.17) is 4.74 Å². The first-order valence-electron chi connectivity index (χ1n) is 8.54. The molecule has 2 fully saturated rings. The second-order valence-electron chi connectivity index (χ2n) is 7.46. The maximum atomic E-state index is 6.23. The fourth-order valence-corrected chi connectivity index (χ4v) is 3.62. The predicted octanol–water partition coefficient (Wildman–Crippen LogP) is 4.42. The minimum Gasteiger partial charge on any atom is -0.370 e. The smallest absolute Gasteiger partial charge is 0.0950 e. The van der Waals surface area contributed by atoms with Crippen molar-refractivity contribution < 1.29 is 4.74 Å². The zero-order valence-electron chi connectivity index (χ0n) is 13.7. The molecule has 1 spiro atoms. The van der Waals surface area contributed by atoms with Gasteiger partial charge in [0.25, 0.3) is 0 Å². The summed E-state index contributed by atoms with van der Waals surface area (Å²) in [5, 5.41) is 3.82. The Bertz CT molecular complexity index is 447. The van der Waals surface area contributed by atoms with E-state index >= 15 is 0 Å². The third-order valence-corrected chi connectivity index (χ3v) is 5.43. The zero-order chi connectivity index (χ0) is 14.9. The molecule has 1 saturated heterocycles. The van der Waals surface area contributed by atoms with Crippen LogP contribution in [-0.2, 0) is 4.74 Å². The molecule has 1 heterocycles. The Balaban J connectivity index is 1.60. The summed E-state index contributed by atoms with van der Waals surface area (Å²) in [6.07, 6.45) is 5.44. The van der Waals surface area contributed by atoms with Gasteiger partial charge in [0, 0.05) is 12.1 Å². The molecule has 1 aromatic rings. The average molecular weight is 287 g/mol. The summed E-state index contributed by atoms with van der Waals surface area (Å²) >= 11 is 0. The number of ether oxygens (including phenoxy) is 1. The van der Waals surface area contributed by atoms with Crippen molar-refractivity contribution in [3.8, 4) is 0 Å². The van der Waals surface area contributed by atoms with Gasteiger partial charge in [-0.1, -0.05) is 45.0 Å². The van der Waals surface area contributed by atoms with E-state index in [-0.39, 0.29) is 11.6 Å². The Morgan fingerprint density at radius 2 is 1.81 bits per heavy atom. The lowest BCUT2D eigenvalue weighted by Crippen LogP contribution is -2.56. The Kier molecular flexibility index (Phi) is 4.37. The van der Waals surface area contributed by atoms with E-state index in [1.165, 1.54) is 36.8 Å². The first kappa shape index (κ1) is 15.1. The molecule has 1 aromatic carbocycles. The SMILES string of the molecule is CC1CCC2(CC1)COC(c1ccc(C(C)C)cc1)CN2. The number of rotatable bonds is 2. The van der Waals surface area contributed by atoms with E-state index in [1.54, 1.807) is 0 Å². The molecule has 2 nitrogen and oxygen atoms in total. The largest absolute Gasteiger partial charge is 0.370 e. The first-order valence-corrected chi connectivity index (χ1v) is 8.54. The van der Waals surface area contributed by atoms with Crippen LogP contribution < -0.4 is 5.32 Å². The summed E-state index contributed by atoms with van der Waals surface area (Å²) in [7, 11) is 0. The first-order chi connectivity index (χ1) is 10.1. The van der Waals surface area contributed by atoms with Crippen molar-refractivity contribution >= 4 is 0 Å². The molecule has 0 amide bonds. The number of benzene rings is 1. The summed E-state index contributed by atoms with van der Waals surface area (Å²) in [4.78, 5) is 0. The van der Waals surface area contributed by atoms with Crippen molar-refractivity contribution in [1.82, 2.24) is 5.32 Å². The highest BCUT2D eigenvalue weighted by Crippen LogP contribution is 2.36. The second kappa shape index (κ2) is 6.10. The fraction of sp³-hybridized carbons (Fsp3) is 0.684. The molecule has 1 aliphatic carbocycles. The van der Waals surface area contributed by atoms with Crippen molar-refractivity contribution in [3.05, 3.63) is 35.4 Å².